The third-order valence-electron chi connectivity index (χ3n) is 3.08. The van der Waals surface area contributed by atoms with E-state index in [1.54, 1.807) is 7.05 Å². The summed E-state index contributed by atoms with van der Waals surface area (Å²) in [5, 5.41) is 27.4. The molecule has 1 rings (SSSR count). The van der Waals surface area contributed by atoms with E-state index in [0.29, 0.717) is 18.5 Å². The Morgan fingerprint density at radius 1 is 1.52 bits per heavy atom. The molecule has 1 aromatic heterocycles. The lowest BCUT2D eigenvalue weighted by molar-refractivity contribution is -0.384. The van der Waals surface area contributed by atoms with Gasteiger partial charge in [-0.3, -0.25) is 10.1 Å². The number of hydrogen-bond acceptors (Lipinski definition) is 5. The van der Waals surface area contributed by atoms with Crippen LogP contribution < -0.4 is 5.32 Å². The molecule has 0 saturated heterocycles. The fourth-order valence-corrected chi connectivity index (χ4v) is 2.19. The van der Waals surface area contributed by atoms with Crippen molar-refractivity contribution in [3.05, 3.63) is 15.8 Å². The highest BCUT2D eigenvalue weighted by Crippen LogP contribution is 2.30. The van der Waals surface area contributed by atoms with Gasteiger partial charge in [0.1, 0.15) is 11.7 Å². The maximum absolute atomic E-state index is 11.3. The smallest absolute Gasteiger partial charge is 0.334 e. The van der Waals surface area contributed by atoms with Crippen LogP contribution in [-0.4, -0.2) is 31.8 Å². The first-order chi connectivity index (χ1) is 9.77. The van der Waals surface area contributed by atoms with E-state index in [-0.39, 0.29) is 17.4 Å². The van der Waals surface area contributed by atoms with Crippen molar-refractivity contribution in [1.82, 2.24) is 9.78 Å². The van der Waals surface area contributed by atoms with Gasteiger partial charge in [0.2, 0.25) is 5.82 Å². The highest BCUT2D eigenvalue weighted by molar-refractivity contribution is 5.78. The monoisotopic (exact) mass is 298 g/mol. The molecule has 1 atom stereocenters. The predicted molar refractivity (Wildman–Crippen MR) is 78.4 cm³/mol. The molecular weight excluding hydrogens is 276 g/mol. The summed E-state index contributed by atoms with van der Waals surface area (Å²) in [6, 6.07) is -0.881. The van der Waals surface area contributed by atoms with E-state index >= 15 is 0 Å². The van der Waals surface area contributed by atoms with Crippen LogP contribution in [0.1, 0.15) is 39.3 Å². The number of carboxylic acids is 1. The molecule has 0 fully saturated rings. The van der Waals surface area contributed by atoms with Gasteiger partial charge in [0.05, 0.1) is 4.92 Å². The highest BCUT2D eigenvalue weighted by atomic mass is 16.6. The first kappa shape index (κ1) is 16.9. The van der Waals surface area contributed by atoms with Crippen LogP contribution in [0.25, 0.3) is 0 Å². The summed E-state index contributed by atoms with van der Waals surface area (Å²) in [6.07, 6.45) is 1.58. The van der Waals surface area contributed by atoms with Crippen molar-refractivity contribution < 1.29 is 14.8 Å². The lowest BCUT2D eigenvalue weighted by Gasteiger charge is -2.17. The second-order valence-corrected chi connectivity index (χ2v) is 5.44. The zero-order chi connectivity index (χ0) is 16.2. The molecule has 8 heteroatoms. The number of aryl methyl sites for hydroxylation is 2. The first-order valence-corrected chi connectivity index (χ1v) is 6.97. The number of nitrogens with one attached hydrogen (secondary N) is 1. The Morgan fingerprint density at radius 3 is 2.57 bits per heavy atom. The van der Waals surface area contributed by atoms with Gasteiger partial charge in [-0.1, -0.05) is 27.2 Å². The molecule has 0 aliphatic carbocycles. The van der Waals surface area contributed by atoms with Crippen molar-refractivity contribution >= 4 is 17.5 Å². The second kappa shape index (κ2) is 7.05. The quantitative estimate of drug-likeness (QED) is 0.562. The zero-order valence-corrected chi connectivity index (χ0v) is 12.8. The summed E-state index contributed by atoms with van der Waals surface area (Å²) < 4.78 is 1.35. The number of nitrogens with zero attached hydrogens (tertiary/aromatic N) is 3. The van der Waals surface area contributed by atoms with E-state index < -0.39 is 16.9 Å². The molecule has 118 valence electrons. The summed E-state index contributed by atoms with van der Waals surface area (Å²) in [7, 11) is 1.57. The maximum Gasteiger partial charge on any atom is 0.334 e. The molecule has 1 heterocycles. The number of hydrogen-bond donors (Lipinski definition) is 2. The van der Waals surface area contributed by atoms with Crippen LogP contribution in [-0.2, 0) is 18.3 Å². The molecule has 0 radical (unpaired) electrons. The third kappa shape index (κ3) is 4.17. The number of rotatable bonds is 8. The average molecular weight is 298 g/mol. The van der Waals surface area contributed by atoms with Crippen molar-refractivity contribution in [3.8, 4) is 0 Å². The van der Waals surface area contributed by atoms with E-state index in [9.17, 15) is 20.0 Å². The molecule has 1 unspecified atom stereocenters. The molecule has 1 aromatic rings. The lowest BCUT2D eigenvalue weighted by atomic mass is 10.0. The van der Waals surface area contributed by atoms with Crippen LogP contribution in [0.3, 0.4) is 0 Å². The Morgan fingerprint density at radius 2 is 2.14 bits per heavy atom. The average Bonchev–Trinajstić information content (AvgIpc) is 2.64. The zero-order valence-electron chi connectivity index (χ0n) is 12.8. The number of carbonyl (C=O) groups is 1. The standard InChI is InChI=1S/C13H22N4O4/c1-5-6-9-11(17(20)21)12(16(4)15-9)14-10(13(18)19)7-8(2)3/h8,10,14H,5-7H2,1-4H3,(H,18,19). The normalized spacial score (nSPS) is 12.4. The largest absolute Gasteiger partial charge is 0.480 e. The van der Waals surface area contributed by atoms with Gasteiger partial charge in [-0.25, -0.2) is 9.48 Å². The van der Waals surface area contributed by atoms with Crippen molar-refractivity contribution in [2.24, 2.45) is 13.0 Å². The fourth-order valence-electron chi connectivity index (χ4n) is 2.19. The van der Waals surface area contributed by atoms with Gasteiger partial charge in [0.15, 0.2) is 0 Å². The number of anilines is 1. The predicted octanol–water partition coefficient (Wildman–Crippen LogP) is 2.19. The molecular formula is C13H22N4O4. The molecule has 21 heavy (non-hydrogen) atoms. The minimum atomic E-state index is -1.03. The second-order valence-electron chi connectivity index (χ2n) is 5.44. The Kier molecular flexibility index (Phi) is 5.69. The summed E-state index contributed by atoms with van der Waals surface area (Å²) in [6.45, 7) is 5.71. The SMILES string of the molecule is CCCc1nn(C)c(NC(CC(C)C)C(=O)O)c1[N+](=O)[O-]. The number of aromatic nitrogens is 2. The minimum Gasteiger partial charge on any atom is -0.480 e. The Hall–Kier alpha value is -2.12. The minimum absolute atomic E-state index is 0.130. The first-order valence-electron chi connectivity index (χ1n) is 6.97. The summed E-state index contributed by atoms with van der Waals surface area (Å²) in [5.41, 5.74) is 0.246. The van der Waals surface area contributed by atoms with Gasteiger partial charge in [0.25, 0.3) is 0 Å². The van der Waals surface area contributed by atoms with Gasteiger partial charge >= 0.3 is 11.7 Å². The van der Waals surface area contributed by atoms with Crippen LogP contribution in [0.2, 0.25) is 0 Å². The third-order valence-corrected chi connectivity index (χ3v) is 3.08. The number of carboxylic acid groups (broad SMARTS) is 1. The Balaban J connectivity index is 3.16. The molecule has 0 bridgehead atoms. The van der Waals surface area contributed by atoms with E-state index in [1.165, 1.54) is 4.68 Å². The van der Waals surface area contributed by atoms with Crippen molar-refractivity contribution in [3.63, 3.8) is 0 Å². The highest BCUT2D eigenvalue weighted by Gasteiger charge is 2.29. The van der Waals surface area contributed by atoms with E-state index in [1.807, 2.05) is 20.8 Å². The molecule has 0 saturated carbocycles. The van der Waals surface area contributed by atoms with Crippen LogP contribution in [0.5, 0.6) is 0 Å². The number of aliphatic carboxylic acids is 1. The number of nitro groups is 1. The van der Waals surface area contributed by atoms with Gasteiger partial charge in [0, 0.05) is 7.05 Å². The molecule has 8 nitrogen and oxygen atoms in total. The molecule has 2 N–H and O–H groups in total. The molecule has 0 spiro atoms. The molecule has 0 amide bonds. The van der Waals surface area contributed by atoms with E-state index in [2.05, 4.69) is 10.4 Å². The van der Waals surface area contributed by atoms with Crippen LogP contribution >= 0.6 is 0 Å². The van der Waals surface area contributed by atoms with Crippen molar-refractivity contribution in [1.29, 1.82) is 0 Å². The van der Waals surface area contributed by atoms with E-state index in [0.717, 1.165) is 6.42 Å². The topological polar surface area (TPSA) is 110 Å². The lowest BCUT2D eigenvalue weighted by Crippen LogP contribution is -2.31. The Labute approximate surface area is 123 Å². The summed E-state index contributed by atoms with van der Waals surface area (Å²) in [4.78, 5) is 22.1. The maximum atomic E-state index is 11.3. The summed E-state index contributed by atoms with van der Waals surface area (Å²) >= 11 is 0. The van der Waals surface area contributed by atoms with E-state index in [4.69, 9.17) is 0 Å². The molecule has 0 aliphatic rings. The van der Waals surface area contributed by atoms with Crippen LogP contribution in [0, 0.1) is 16.0 Å². The molecule has 0 aromatic carbocycles. The van der Waals surface area contributed by atoms with Gasteiger partial charge in [-0.2, -0.15) is 5.10 Å². The summed E-state index contributed by atoms with van der Waals surface area (Å²) in [5.74, 6) is -0.728. The van der Waals surface area contributed by atoms with Crippen LogP contribution in [0.4, 0.5) is 11.5 Å². The van der Waals surface area contributed by atoms with Crippen LogP contribution in [0.15, 0.2) is 0 Å². The van der Waals surface area contributed by atoms with Gasteiger partial charge < -0.3 is 10.4 Å². The van der Waals surface area contributed by atoms with Crippen molar-refractivity contribution in [2.45, 2.75) is 46.1 Å². The van der Waals surface area contributed by atoms with Gasteiger partial charge in [-0.15, -0.1) is 0 Å². The van der Waals surface area contributed by atoms with Gasteiger partial charge in [-0.05, 0) is 18.8 Å². The molecule has 0 aliphatic heterocycles. The fraction of sp³-hybridized carbons (Fsp3) is 0.692. The van der Waals surface area contributed by atoms with Crippen molar-refractivity contribution in [2.75, 3.05) is 5.32 Å². The Bertz CT molecular complexity index is 524.